The van der Waals surface area contributed by atoms with Crippen LogP contribution in [0.25, 0.3) is 0 Å². The first-order valence-corrected chi connectivity index (χ1v) is 9.47. The number of aromatic hydroxyl groups is 2. The molecule has 0 spiro atoms. The van der Waals surface area contributed by atoms with Gasteiger partial charge in [0, 0.05) is 23.6 Å². The van der Waals surface area contributed by atoms with Crippen LogP contribution in [0, 0.1) is 23.2 Å². The summed E-state index contributed by atoms with van der Waals surface area (Å²) in [6.07, 6.45) is 5.14. The van der Waals surface area contributed by atoms with E-state index in [-0.39, 0.29) is 40.6 Å². The number of ketones is 1. The average Bonchev–Trinajstić information content (AvgIpc) is 2.50. The molecule has 4 heteroatoms. The molecule has 1 fully saturated rings. The Hall–Kier alpha value is -1.55. The molecule has 1 aliphatic rings. The summed E-state index contributed by atoms with van der Waals surface area (Å²) in [6.45, 7) is 8.72. The van der Waals surface area contributed by atoms with Gasteiger partial charge in [-0.2, -0.15) is 0 Å². The number of carbonyl (C=O) groups is 1. The zero-order chi connectivity index (χ0) is 18.8. The minimum Gasteiger partial charge on any atom is -0.508 e. The van der Waals surface area contributed by atoms with Gasteiger partial charge in [0.2, 0.25) is 0 Å². The van der Waals surface area contributed by atoms with Gasteiger partial charge in [0.1, 0.15) is 11.5 Å². The van der Waals surface area contributed by atoms with E-state index in [2.05, 4.69) is 27.7 Å². The zero-order valence-corrected chi connectivity index (χ0v) is 16.0. The Morgan fingerprint density at radius 1 is 1.28 bits per heavy atom. The molecule has 4 N–H and O–H groups in total. The Balaban J connectivity index is 2.31. The summed E-state index contributed by atoms with van der Waals surface area (Å²) in [6, 6.07) is 4.15. The van der Waals surface area contributed by atoms with Crippen molar-refractivity contribution in [3.05, 3.63) is 23.8 Å². The van der Waals surface area contributed by atoms with Gasteiger partial charge in [-0.05, 0) is 48.6 Å². The lowest BCUT2D eigenvalue weighted by atomic mass is 9.57. The summed E-state index contributed by atoms with van der Waals surface area (Å²) in [5.41, 5.74) is 6.57. The second-order valence-corrected chi connectivity index (χ2v) is 8.58. The van der Waals surface area contributed by atoms with Gasteiger partial charge in [0.25, 0.3) is 0 Å². The Labute approximate surface area is 151 Å². The number of benzene rings is 1. The van der Waals surface area contributed by atoms with Crippen molar-refractivity contribution >= 4 is 5.78 Å². The van der Waals surface area contributed by atoms with E-state index < -0.39 is 0 Å². The Morgan fingerprint density at radius 3 is 2.44 bits per heavy atom. The summed E-state index contributed by atoms with van der Waals surface area (Å²) in [4.78, 5) is 13.3. The Morgan fingerprint density at radius 2 is 1.88 bits per heavy atom. The lowest BCUT2D eigenvalue weighted by molar-refractivity contribution is 0.0340. The van der Waals surface area contributed by atoms with Crippen LogP contribution in [0.1, 0.15) is 70.2 Å². The predicted octanol–water partition coefficient (Wildman–Crippen LogP) is 4.49. The lowest BCUT2D eigenvalue weighted by Crippen LogP contribution is -2.49. The molecule has 0 aromatic heterocycles. The van der Waals surface area contributed by atoms with Crippen molar-refractivity contribution in [1.82, 2.24) is 0 Å². The summed E-state index contributed by atoms with van der Waals surface area (Å²) in [5, 5.41) is 19.5. The molecule has 4 unspecified atom stereocenters. The van der Waals surface area contributed by atoms with Gasteiger partial charge in [-0.15, -0.1) is 0 Å². The molecule has 0 saturated heterocycles. The first kappa shape index (κ1) is 19.8. The number of carbonyl (C=O) groups excluding carboxylic acids is 1. The molecule has 0 amide bonds. The Bertz CT molecular complexity index is 593. The highest BCUT2D eigenvalue weighted by Gasteiger charge is 2.47. The smallest absolute Gasteiger partial charge is 0.167 e. The fourth-order valence-electron chi connectivity index (χ4n) is 4.46. The van der Waals surface area contributed by atoms with Crippen LogP contribution in [-0.2, 0) is 0 Å². The molecular formula is C21H33NO3. The number of phenols is 2. The monoisotopic (exact) mass is 347 g/mol. The normalized spacial score (nSPS) is 29.8. The maximum absolute atomic E-state index is 13.3. The van der Waals surface area contributed by atoms with Crippen LogP contribution in [0.5, 0.6) is 11.5 Å². The summed E-state index contributed by atoms with van der Waals surface area (Å²) in [7, 11) is 0. The average molecular weight is 347 g/mol. The van der Waals surface area contributed by atoms with Crippen LogP contribution >= 0.6 is 0 Å². The molecule has 140 valence electrons. The quantitative estimate of drug-likeness (QED) is 0.662. The van der Waals surface area contributed by atoms with E-state index in [0.717, 1.165) is 32.1 Å². The third-order valence-electron chi connectivity index (χ3n) is 6.00. The van der Waals surface area contributed by atoms with Gasteiger partial charge >= 0.3 is 0 Å². The number of Topliss-reactive ketones (excluding diaryl/α,β-unsaturated/α-hetero) is 1. The van der Waals surface area contributed by atoms with Crippen molar-refractivity contribution < 1.29 is 15.0 Å². The van der Waals surface area contributed by atoms with Gasteiger partial charge in [-0.25, -0.2) is 0 Å². The molecule has 0 radical (unpaired) electrons. The van der Waals surface area contributed by atoms with Crippen LogP contribution < -0.4 is 5.73 Å². The molecule has 1 saturated carbocycles. The van der Waals surface area contributed by atoms with Crippen molar-refractivity contribution in [2.45, 2.75) is 65.8 Å². The lowest BCUT2D eigenvalue weighted by Gasteiger charge is -2.47. The fourth-order valence-corrected chi connectivity index (χ4v) is 4.46. The van der Waals surface area contributed by atoms with Crippen LogP contribution in [0.4, 0.5) is 0 Å². The molecular weight excluding hydrogens is 314 g/mol. The third-order valence-corrected chi connectivity index (χ3v) is 6.00. The van der Waals surface area contributed by atoms with Crippen molar-refractivity contribution in [3.63, 3.8) is 0 Å². The second kappa shape index (κ2) is 7.77. The molecule has 0 bridgehead atoms. The van der Waals surface area contributed by atoms with Crippen LogP contribution in [-0.4, -0.2) is 22.0 Å². The highest BCUT2D eigenvalue weighted by molar-refractivity contribution is 5.99. The third kappa shape index (κ3) is 4.55. The van der Waals surface area contributed by atoms with Crippen LogP contribution in [0.15, 0.2) is 18.2 Å². The van der Waals surface area contributed by atoms with Gasteiger partial charge in [0.15, 0.2) is 5.78 Å². The molecule has 4 nitrogen and oxygen atoms in total. The first-order chi connectivity index (χ1) is 11.6. The molecule has 2 rings (SSSR count). The minimum absolute atomic E-state index is 0.0121. The van der Waals surface area contributed by atoms with Crippen LogP contribution in [0.3, 0.4) is 0 Å². The van der Waals surface area contributed by atoms with E-state index in [1.165, 1.54) is 18.2 Å². The number of rotatable bonds is 6. The van der Waals surface area contributed by atoms with Crippen molar-refractivity contribution in [2.24, 2.45) is 28.9 Å². The fraction of sp³-hybridized carbons (Fsp3) is 0.667. The number of phenolic OH excluding ortho intramolecular Hbond substituents is 2. The molecule has 1 aromatic carbocycles. The summed E-state index contributed by atoms with van der Waals surface area (Å²) >= 11 is 0. The van der Waals surface area contributed by atoms with Gasteiger partial charge in [-0.3, -0.25) is 4.79 Å². The highest BCUT2D eigenvalue weighted by Crippen LogP contribution is 2.49. The first-order valence-electron chi connectivity index (χ1n) is 9.47. The maximum Gasteiger partial charge on any atom is 0.167 e. The zero-order valence-electron chi connectivity index (χ0n) is 16.0. The topological polar surface area (TPSA) is 83.6 Å². The van der Waals surface area contributed by atoms with Crippen molar-refractivity contribution in [1.29, 1.82) is 0 Å². The molecule has 0 heterocycles. The van der Waals surface area contributed by atoms with E-state index in [1.807, 2.05) is 0 Å². The SMILES string of the molecule is CC(C)CCCC1(C)CCC(N)C(C)C1C(=O)c1cc(O)cc(O)c1. The highest BCUT2D eigenvalue weighted by atomic mass is 16.3. The molecule has 4 atom stereocenters. The number of hydrogen-bond donors (Lipinski definition) is 3. The number of hydrogen-bond acceptors (Lipinski definition) is 4. The summed E-state index contributed by atoms with van der Waals surface area (Å²) < 4.78 is 0. The van der Waals surface area contributed by atoms with E-state index in [0.29, 0.717) is 11.5 Å². The largest absolute Gasteiger partial charge is 0.508 e. The van der Waals surface area contributed by atoms with Crippen molar-refractivity contribution in [2.75, 3.05) is 0 Å². The van der Waals surface area contributed by atoms with E-state index in [9.17, 15) is 15.0 Å². The maximum atomic E-state index is 13.3. The molecule has 25 heavy (non-hydrogen) atoms. The minimum atomic E-state index is -0.190. The van der Waals surface area contributed by atoms with Crippen molar-refractivity contribution in [3.8, 4) is 11.5 Å². The molecule has 1 aromatic rings. The molecule has 1 aliphatic carbocycles. The second-order valence-electron chi connectivity index (χ2n) is 8.58. The number of nitrogens with two attached hydrogens (primary N) is 1. The van der Waals surface area contributed by atoms with Crippen LogP contribution in [0.2, 0.25) is 0 Å². The Kier molecular flexibility index (Phi) is 6.15. The van der Waals surface area contributed by atoms with Gasteiger partial charge in [0.05, 0.1) is 0 Å². The van der Waals surface area contributed by atoms with Gasteiger partial charge in [-0.1, -0.05) is 40.5 Å². The van der Waals surface area contributed by atoms with E-state index in [4.69, 9.17) is 5.73 Å². The summed E-state index contributed by atoms with van der Waals surface area (Å²) in [5.74, 6) is 0.361. The van der Waals surface area contributed by atoms with Gasteiger partial charge < -0.3 is 15.9 Å². The standard InChI is InChI=1S/C21H33NO3/c1-13(2)6-5-8-21(4)9-7-18(22)14(3)19(21)20(25)15-10-16(23)12-17(24)11-15/h10-14,18-19,23-24H,5-9,22H2,1-4H3. The van der Waals surface area contributed by atoms with E-state index in [1.54, 1.807) is 0 Å². The van der Waals surface area contributed by atoms with E-state index >= 15 is 0 Å². The molecule has 0 aliphatic heterocycles. The predicted molar refractivity (Wildman–Crippen MR) is 101 cm³/mol.